The van der Waals surface area contributed by atoms with Crippen molar-refractivity contribution in [1.82, 2.24) is 0 Å². The van der Waals surface area contributed by atoms with Gasteiger partial charge < -0.3 is 0 Å². The Morgan fingerprint density at radius 2 is 1.19 bits per heavy atom. The normalized spacial score (nSPS) is 19.1. The molecule has 5 aliphatic rings. The lowest BCUT2D eigenvalue weighted by molar-refractivity contribution is 0.562. The smallest absolute Gasteiger partial charge is 0.123 e. The molecular formula is C57H50F2. The second-order valence-corrected chi connectivity index (χ2v) is 18.1. The monoisotopic (exact) mass is 772 g/mol. The molecule has 0 saturated carbocycles. The molecule has 0 radical (unpaired) electrons. The minimum Gasteiger partial charge on any atom is -0.247 e. The lowest BCUT2D eigenvalue weighted by atomic mass is 9.75. The lowest BCUT2D eigenvalue weighted by Crippen LogP contribution is -2.19. The molecule has 0 N–H and O–H groups in total. The first-order valence-electron chi connectivity index (χ1n) is 21.3. The zero-order valence-electron chi connectivity index (χ0n) is 34.6. The van der Waals surface area contributed by atoms with Gasteiger partial charge in [-0.1, -0.05) is 125 Å². The SMILES string of the molecule is C=C/C(F)=C\C(=C/CF)c1ccc2c(c1)C(C)(C)C1=C2CCC(C2=CC3=C(CC2)c2ccc(-c4ccc5cc(C6=Cc7ccccc7CC6)ccc5c4)cc2C3(C)C)=C1. The zero-order chi connectivity index (χ0) is 40.6. The fourth-order valence-electron chi connectivity index (χ4n) is 10.8. The van der Waals surface area contributed by atoms with Gasteiger partial charge in [0.15, 0.2) is 0 Å². The van der Waals surface area contributed by atoms with Crippen LogP contribution in [0.2, 0.25) is 0 Å². The number of benzene rings is 5. The highest BCUT2D eigenvalue weighted by Gasteiger charge is 2.41. The van der Waals surface area contributed by atoms with Crippen LogP contribution in [-0.4, -0.2) is 6.67 Å². The first kappa shape index (κ1) is 37.4. The first-order valence-corrected chi connectivity index (χ1v) is 21.3. The van der Waals surface area contributed by atoms with Crippen molar-refractivity contribution >= 4 is 39.1 Å². The molecule has 0 aliphatic heterocycles. The van der Waals surface area contributed by atoms with Crippen LogP contribution in [-0.2, 0) is 17.3 Å². The van der Waals surface area contributed by atoms with E-state index in [-0.39, 0.29) is 10.8 Å². The molecule has 5 aromatic carbocycles. The highest BCUT2D eigenvalue weighted by atomic mass is 19.1. The van der Waals surface area contributed by atoms with Crippen molar-refractivity contribution in [3.8, 4) is 11.1 Å². The molecular weight excluding hydrogens is 723 g/mol. The van der Waals surface area contributed by atoms with E-state index in [9.17, 15) is 8.78 Å². The number of halogens is 2. The summed E-state index contributed by atoms with van der Waals surface area (Å²) in [5.41, 5.74) is 23.1. The van der Waals surface area contributed by atoms with Crippen LogP contribution in [0.5, 0.6) is 0 Å². The molecule has 0 heterocycles. The highest BCUT2D eigenvalue weighted by Crippen LogP contribution is 2.55. The van der Waals surface area contributed by atoms with Gasteiger partial charge in [0.1, 0.15) is 12.5 Å². The topological polar surface area (TPSA) is 0 Å². The summed E-state index contributed by atoms with van der Waals surface area (Å²) in [6.45, 7) is 12.3. The van der Waals surface area contributed by atoms with Gasteiger partial charge in [0.2, 0.25) is 0 Å². The predicted molar refractivity (Wildman–Crippen MR) is 246 cm³/mol. The second-order valence-electron chi connectivity index (χ2n) is 18.1. The molecule has 5 aliphatic carbocycles. The molecule has 0 unspecified atom stereocenters. The quantitative estimate of drug-likeness (QED) is 0.145. The Morgan fingerprint density at radius 1 is 0.610 bits per heavy atom. The Morgan fingerprint density at radius 3 is 1.86 bits per heavy atom. The standard InChI is InChI=1S/C57H50F2/c1-6-47(59)30-46(25-26-58)45-20-24-51-50-23-19-44(33-54(50)57(4,5)55(51)34-45)43-18-22-49-48-21-17-42(31-52(48)56(2,3)53(49)32-43)41-16-15-39-28-38(13-14-40(39)29-41)37-12-11-35-9-7-8-10-36(35)27-37/h6-10,13-17,20-21,24-25,27-34H,1,11-12,18-19,22-23,26H2,2-5H3/b46-25+,47-30+. The second kappa shape index (κ2) is 14.2. The van der Waals surface area contributed by atoms with Crippen molar-refractivity contribution < 1.29 is 8.78 Å². The third kappa shape index (κ3) is 6.22. The van der Waals surface area contributed by atoms with Gasteiger partial charge in [-0.05, 0) is 192 Å². The van der Waals surface area contributed by atoms with Crippen LogP contribution in [0.4, 0.5) is 8.78 Å². The fourth-order valence-corrected chi connectivity index (χ4v) is 10.8. The van der Waals surface area contributed by atoms with Crippen LogP contribution in [0, 0.1) is 0 Å². The molecule has 0 amide bonds. The van der Waals surface area contributed by atoms with Crippen molar-refractivity contribution in [2.45, 2.75) is 77.0 Å². The van der Waals surface area contributed by atoms with Gasteiger partial charge in [-0.3, -0.25) is 0 Å². The maximum absolute atomic E-state index is 14.3. The molecule has 10 rings (SSSR count). The van der Waals surface area contributed by atoms with Gasteiger partial charge in [0, 0.05) is 10.8 Å². The van der Waals surface area contributed by atoms with Crippen molar-refractivity contribution in [2.75, 3.05) is 6.67 Å². The van der Waals surface area contributed by atoms with Gasteiger partial charge in [0.25, 0.3) is 0 Å². The minimum atomic E-state index is -0.658. The van der Waals surface area contributed by atoms with Gasteiger partial charge in [-0.25, -0.2) is 8.78 Å². The van der Waals surface area contributed by atoms with Crippen molar-refractivity contribution in [3.63, 3.8) is 0 Å². The van der Waals surface area contributed by atoms with Gasteiger partial charge in [-0.2, -0.15) is 0 Å². The average molecular weight is 773 g/mol. The summed E-state index contributed by atoms with van der Waals surface area (Å²) >= 11 is 0. The van der Waals surface area contributed by atoms with Crippen molar-refractivity contribution in [1.29, 1.82) is 0 Å². The Labute approximate surface area is 348 Å². The van der Waals surface area contributed by atoms with Crippen LogP contribution in [0.15, 0.2) is 162 Å². The van der Waals surface area contributed by atoms with Crippen LogP contribution >= 0.6 is 0 Å². The number of hydrogen-bond acceptors (Lipinski definition) is 0. The molecule has 2 heteroatoms. The Balaban J connectivity index is 0.917. The third-order valence-electron chi connectivity index (χ3n) is 14.1. The number of alkyl halides is 1. The maximum Gasteiger partial charge on any atom is 0.123 e. The fraction of sp³-hybridized carbons (Fsp3) is 0.228. The first-order chi connectivity index (χ1) is 28.5. The molecule has 0 spiro atoms. The summed E-state index contributed by atoms with van der Waals surface area (Å²) in [6, 6.07) is 36.2. The molecule has 0 aromatic heterocycles. The summed E-state index contributed by atoms with van der Waals surface area (Å²) < 4.78 is 27.8. The van der Waals surface area contributed by atoms with Gasteiger partial charge in [0.05, 0.1) is 0 Å². The number of allylic oxidation sites excluding steroid dienone is 14. The summed E-state index contributed by atoms with van der Waals surface area (Å²) in [5.74, 6) is -0.471. The number of fused-ring (bicyclic) bond motifs is 6. The van der Waals surface area contributed by atoms with E-state index in [4.69, 9.17) is 0 Å². The molecule has 59 heavy (non-hydrogen) atoms. The summed E-state index contributed by atoms with van der Waals surface area (Å²) in [6.07, 6.45) is 17.6. The van der Waals surface area contributed by atoms with E-state index in [2.05, 4.69) is 143 Å². The number of rotatable bonds is 7. The molecule has 0 nitrogen and oxygen atoms in total. The molecule has 5 aromatic rings. The van der Waals surface area contributed by atoms with E-state index in [1.807, 2.05) is 6.07 Å². The van der Waals surface area contributed by atoms with E-state index < -0.39 is 12.5 Å². The van der Waals surface area contributed by atoms with Crippen LogP contribution in [0.25, 0.3) is 50.3 Å². The molecule has 0 bridgehead atoms. The minimum absolute atomic E-state index is 0.103. The van der Waals surface area contributed by atoms with Gasteiger partial charge >= 0.3 is 0 Å². The number of hydrogen-bond donors (Lipinski definition) is 0. The molecule has 0 saturated heterocycles. The van der Waals surface area contributed by atoms with E-state index in [1.165, 1.54) is 112 Å². The van der Waals surface area contributed by atoms with Crippen LogP contribution < -0.4 is 0 Å². The molecule has 0 fully saturated rings. The maximum atomic E-state index is 14.3. The third-order valence-corrected chi connectivity index (χ3v) is 14.1. The van der Waals surface area contributed by atoms with Crippen molar-refractivity contribution in [3.05, 3.63) is 207 Å². The summed E-state index contributed by atoms with van der Waals surface area (Å²) in [7, 11) is 0. The lowest BCUT2D eigenvalue weighted by Gasteiger charge is -2.29. The van der Waals surface area contributed by atoms with Crippen molar-refractivity contribution in [2.24, 2.45) is 0 Å². The van der Waals surface area contributed by atoms with Crippen LogP contribution in [0.1, 0.15) is 104 Å². The van der Waals surface area contributed by atoms with E-state index >= 15 is 0 Å². The summed E-state index contributed by atoms with van der Waals surface area (Å²) in [5, 5.41) is 2.56. The summed E-state index contributed by atoms with van der Waals surface area (Å²) in [4.78, 5) is 0. The molecule has 292 valence electrons. The van der Waals surface area contributed by atoms with Gasteiger partial charge in [-0.15, -0.1) is 0 Å². The van der Waals surface area contributed by atoms with Crippen LogP contribution in [0.3, 0.4) is 0 Å². The van der Waals surface area contributed by atoms with E-state index in [1.54, 1.807) is 0 Å². The average Bonchev–Trinajstić information content (AvgIpc) is 3.63. The Hall–Kier alpha value is -5.86. The van der Waals surface area contributed by atoms with E-state index in [0.29, 0.717) is 5.57 Å². The highest BCUT2D eigenvalue weighted by molar-refractivity contribution is 5.94. The molecule has 0 atom stereocenters. The Bertz CT molecular complexity index is 2870. The largest absolute Gasteiger partial charge is 0.247 e. The predicted octanol–water partition coefficient (Wildman–Crippen LogP) is 15.6. The Kier molecular flexibility index (Phi) is 8.98. The number of aryl methyl sites for hydroxylation is 1. The zero-order valence-corrected chi connectivity index (χ0v) is 34.6. The van der Waals surface area contributed by atoms with E-state index in [0.717, 1.165) is 50.2 Å².